The molecule has 1 saturated heterocycles. The van der Waals surface area contributed by atoms with Gasteiger partial charge in [0.15, 0.2) is 0 Å². The van der Waals surface area contributed by atoms with E-state index in [0.29, 0.717) is 12.5 Å². The van der Waals surface area contributed by atoms with Crippen molar-refractivity contribution in [2.45, 2.75) is 32.2 Å². The summed E-state index contributed by atoms with van der Waals surface area (Å²) in [6.07, 6.45) is 4.62. The number of benzene rings is 1. The van der Waals surface area contributed by atoms with E-state index in [1.54, 1.807) is 7.11 Å². The van der Waals surface area contributed by atoms with Crippen molar-refractivity contribution in [3.8, 4) is 5.75 Å². The van der Waals surface area contributed by atoms with Crippen LogP contribution in [-0.4, -0.2) is 26.1 Å². The molecule has 1 aromatic carbocycles. The van der Waals surface area contributed by atoms with E-state index in [1.165, 1.54) is 19.3 Å². The molecule has 1 heterocycles. The van der Waals surface area contributed by atoms with Crippen molar-refractivity contribution in [3.63, 3.8) is 0 Å². The summed E-state index contributed by atoms with van der Waals surface area (Å²) in [6.45, 7) is 2.36. The Kier molecular flexibility index (Phi) is 4.15. The highest BCUT2D eigenvalue weighted by molar-refractivity contribution is 5.84. The van der Waals surface area contributed by atoms with Gasteiger partial charge < -0.3 is 15.4 Å². The first-order valence-corrected chi connectivity index (χ1v) is 7.87. The molecule has 4 heteroatoms. The highest BCUT2D eigenvalue weighted by Crippen LogP contribution is 2.43. The maximum Gasteiger partial charge on any atom is 0.228 e. The zero-order valence-electron chi connectivity index (χ0n) is 12.7. The molecule has 1 saturated carbocycles. The third-order valence-corrected chi connectivity index (χ3v) is 5.12. The number of carbonyl (C=O) groups excluding carboxylic acids is 1. The molecule has 0 bridgehead atoms. The summed E-state index contributed by atoms with van der Waals surface area (Å²) < 4.78 is 5.34. The van der Waals surface area contributed by atoms with Crippen molar-refractivity contribution >= 4 is 5.91 Å². The lowest BCUT2D eigenvalue weighted by Crippen LogP contribution is -2.47. The minimum atomic E-state index is -0.180. The Morgan fingerprint density at radius 2 is 2.29 bits per heavy atom. The Hall–Kier alpha value is -1.55. The van der Waals surface area contributed by atoms with Gasteiger partial charge in [0.05, 0.1) is 12.5 Å². The third kappa shape index (κ3) is 2.64. The highest BCUT2D eigenvalue weighted by Gasteiger charge is 2.49. The van der Waals surface area contributed by atoms with Crippen LogP contribution in [0.1, 0.15) is 31.2 Å². The SMILES string of the molecule is COc1ccccc1CNC(=O)[C@@]12CCCC[C@H]1CNC2. The first-order valence-electron chi connectivity index (χ1n) is 7.87. The predicted octanol–water partition coefficient (Wildman–Crippen LogP) is 2.09. The van der Waals surface area contributed by atoms with Crippen molar-refractivity contribution in [2.75, 3.05) is 20.2 Å². The quantitative estimate of drug-likeness (QED) is 0.892. The number of nitrogens with one attached hydrogen (secondary N) is 2. The second-order valence-corrected chi connectivity index (χ2v) is 6.22. The normalized spacial score (nSPS) is 28.0. The van der Waals surface area contributed by atoms with E-state index >= 15 is 0 Å². The number of methoxy groups -OCH3 is 1. The standard InChI is InChI=1S/C17H24N2O2/c1-21-15-8-3-2-6-13(15)10-19-16(20)17-9-5-4-7-14(17)11-18-12-17/h2-3,6,8,14,18H,4-5,7,9-12H2,1H3,(H,19,20)/t14-,17+/m0/s1. The second kappa shape index (κ2) is 6.06. The molecule has 2 atom stereocenters. The molecule has 2 N–H and O–H groups in total. The van der Waals surface area contributed by atoms with Crippen LogP contribution in [-0.2, 0) is 11.3 Å². The minimum absolute atomic E-state index is 0.180. The molecule has 2 fully saturated rings. The summed E-state index contributed by atoms with van der Waals surface area (Å²) in [7, 11) is 1.66. The summed E-state index contributed by atoms with van der Waals surface area (Å²) >= 11 is 0. The number of rotatable bonds is 4. The Morgan fingerprint density at radius 1 is 1.43 bits per heavy atom. The lowest BCUT2D eigenvalue weighted by Gasteiger charge is -2.37. The fourth-order valence-corrected chi connectivity index (χ4v) is 3.89. The maximum absolute atomic E-state index is 12.8. The molecule has 114 valence electrons. The van der Waals surface area contributed by atoms with E-state index in [0.717, 1.165) is 30.8 Å². The van der Waals surface area contributed by atoms with Crippen LogP contribution in [0.15, 0.2) is 24.3 Å². The first kappa shape index (κ1) is 14.4. The van der Waals surface area contributed by atoms with Gasteiger partial charge in [0.1, 0.15) is 5.75 Å². The molecular weight excluding hydrogens is 264 g/mol. The first-order chi connectivity index (χ1) is 10.3. The molecule has 0 radical (unpaired) electrons. The molecule has 4 nitrogen and oxygen atoms in total. The summed E-state index contributed by atoms with van der Waals surface area (Å²) in [5, 5.41) is 6.57. The van der Waals surface area contributed by atoms with Crippen LogP contribution in [0.3, 0.4) is 0 Å². The van der Waals surface area contributed by atoms with Crippen LogP contribution in [0.2, 0.25) is 0 Å². The van der Waals surface area contributed by atoms with Crippen molar-refractivity contribution in [3.05, 3.63) is 29.8 Å². The Labute approximate surface area is 126 Å². The van der Waals surface area contributed by atoms with E-state index in [2.05, 4.69) is 10.6 Å². The largest absolute Gasteiger partial charge is 0.496 e. The molecule has 0 aromatic heterocycles. The molecule has 21 heavy (non-hydrogen) atoms. The number of carbonyl (C=O) groups is 1. The Bertz CT molecular complexity index is 517. The molecular formula is C17H24N2O2. The highest BCUT2D eigenvalue weighted by atomic mass is 16.5. The maximum atomic E-state index is 12.8. The van der Waals surface area contributed by atoms with Gasteiger partial charge in [-0.05, 0) is 31.4 Å². The van der Waals surface area contributed by atoms with E-state index in [-0.39, 0.29) is 11.3 Å². The van der Waals surface area contributed by atoms with Gasteiger partial charge in [-0.3, -0.25) is 4.79 Å². The van der Waals surface area contributed by atoms with Crippen LogP contribution in [0, 0.1) is 11.3 Å². The summed E-state index contributed by atoms with van der Waals surface area (Å²) in [5.74, 6) is 1.55. The molecule has 0 spiro atoms. The number of hydrogen-bond acceptors (Lipinski definition) is 3. The average molecular weight is 288 g/mol. The number of ether oxygens (including phenoxy) is 1. The van der Waals surface area contributed by atoms with Crippen molar-refractivity contribution in [1.29, 1.82) is 0 Å². The lowest BCUT2D eigenvalue weighted by atomic mass is 9.67. The Balaban J connectivity index is 1.68. The van der Waals surface area contributed by atoms with Crippen LogP contribution >= 0.6 is 0 Å². The van der Waals surface area contributed by atoms with E-state index in [9.17, 15) is 4.79 Å². The summed E-state index contributed by atoms with van der Waals surface area (Å²) in [5.41, 5.74) is 0.850. The van der Waals surface area contributed by atoms with Gasteiger partial charge in [0.2, 0.25) is 5.91 Å². The van der Waals surface area contributed by atoms with Crippen LogP contribution in [0.4, 0.5) is 0 Å². The van der Waals surface area contributed by atoms with E-state index < -0.39 is 0 Å². The average Bonchev–Trinajstić information content (AvgIpc) is 2.98. The van der Waals surface area contributed by atoms with Gasteiger partial charge in [-0.25, -0.2) is 0 Å². The predicted molar refractivity (Wildman–Crippen MR) is 82.1 cm³/mol. The molecule has 2 aliphatic rings. The van der Waals surface area contributed by atoms with Gasteiger partial charge in [-0.15, -0.1) is 0 Å². The van der Waals surface area contributed by atoms with E-state index in [4.69, 9.17) is 4.74 Å². The molecule has 1 aliphatic heterocycles. The number of para-hydroxylation sites is 1. The molecule has 1 amide bonds. The number of amides is 1. The Morgan fingerprint density at radius 3 is 3.14 bits per heavy atom. The van der Waals surface area contributed by atoms with Gasteiger partial charge in [-0.1, -0.05) is 31.0 Å². The second-order valence-electron chi connectivity index (χ2n) is 6.22. The number of hydrogen-bond donors (Lipinski definition) is 2. The zero-order chi connectivity index (χ0) is 14.7. The topological polar surface area (TPSA) is 50.4 Å². The van der Waals surface area contributed by atoms with Crippen molar-refractivity contribution in [2.24, 2.45) is 11.3 Å². The van der Waals surface area contributed by atoms with E-state index in [1.807, 2.05) is 24.3 Å². The fourth-order valence-electron chi connectivity index (χ4n) is 3.89. The van der Waals surface area contributed by atoms with Crippen LogP contribution < -0.4 is 15.4 Å². The summed E-state index contributed by atoms with van der Waals surface area (Å²) in [6, 6.07) is 7.85. The monoisotopic (exact) mass is 288 g/mol. The number of fused-ring (bicyclic) bond motifs is 1. The van der Waals surface area contributed by atoms with Crippen LogP contribution in [0.5, 0.6) is 5.75 Å². The molecule has 1 aliphatic carbocycles. The van der Waals surface area contributed by atoms with Gasteiger partial charge in [0, 0.05) is 18.7 Å². The third-order valence-electron chi connectivity index (χ3n) is 5.12. The smallest absolute Gasteiger partial charge is 0.228 e. The lowest BCUT2D eigenvalue weighted by molar-refractivity contribution is -0.134. The van der Waals surface area contributed by atoms with Crippen molar-refractivity contribution < 1.29 is 9.53 Å². The van der Waals surface area contributed by atoms with Crippen LogP contribution in [0.25, 0.3) is 0 Å². The van der Waals surface area contributed by atoms with Crippen molar-refractivity contribution in [1.82, 2.24) is 10.6 Å². The fraction of sp³-hybridized carbons (Fsp3) is 0.588. The van der Waals surface area contributed by atoms with Gasteiger partial charge in [-0.2, -0.15) is 0 Å². The van der Waals surface area contributed by atoms with Gasteiger partial charge >= 0.3 is 0 Å². The summed E-state index contributed by atoms with van der Waals surface area (Å²) in [4.78, 5) is 12.8. The molecule has 3 rings (SSSR count). The molecule has 0 unspecified atom stereocenters. The zero-order valence-corrected chi connectivity index (χ0v) is 12.7. The van der Waals surface area contributed by atoms with Gasteiger partial charge in [0.25, 0.3) is 0 Å². The molecule has 1 aromatic rings. The minimum Gasteiger partial charge on any atom is -0.496 e.